The molecule has 7 heteroatoms. The summed E-state index contributed by atoms with van der Waals surface area (Å²) in [7, 11) is 0. The summed E-state index contributed by atoms with van der Waals surface area (Å²) >= 11 is 6.15. The number of amides is 3. The molecule has 0 unspecified atom stereocenters. The van der Waals surface area contributed by atoms with Gasteiger partial charge in [0.05, 0.1) is 17.5 Å². The minimum absolute atomic E-state index is 0.118. The number of hydrogen-bond acceptors (Lipinski definition) is 4. The van der Waals surface area contributed by atoms with Crippen LogP contribution in [0.4, 0.5) is 11.4 Å². The lowest BCUT2D eigenvalue weighted by Gasteiger charge is -2.36. The van der Waals surface area contributed by atoms with Crippen LogP contribution < -0.4 is 10.2 Å². The second-order valence-electron chi connectivity index (χ2n) is 8.85. The summed E-state index contributed by atoms with van der Waals surface area (Å²) in [5.74, 6) is -1.99. The van der Waals surface area contributed by atoms with E-state index in [-0.39, 0.29) is 23.8 Å². The Hall–Kier alpha value is -2.70. The molecule has 2 aromatic carbocycles. The van der Waals surface area contributed by atoms with E-state index in [1.807, 2.05) is 18.2 Å². The quantitative estimate of drug-likeness (QED) is 0.734. The minimum atomic E-state index is -1.13. The third-order valence-electron chi connectivity index (χ3n) is 7.53. The van der Waals surface area contributed by atoms with Crippen molar-refractivity contribution >= 4 is 40.7 Å². The number of rotatable bonds is 2. The summed E-state index contributed by atoms with van der Waals surface area (Å²) in [6.45, 7) is 2.78. The molecule has 158 valence electrons. The normalized spacial score (nSPS) is 31.4. The molecule has 31 heavy (non-hydrogen) atoms. The van der Waals surface area contributed by atoms with Gasteiger partial charge in [-0.05, 0) is 55.6 Å². The molecule has 2 aromatic rings. The van der Waals surface area contributed by atoms with Crippen LogP contribution in [0, 0.1) is 11.8 Å². The average molecular weight is 436 g/mol. The van der Waals surface area contributed by atoms with Crippen molar-refractivity contribution in [2.24, 2.45) is 11.8 Å². The summed E-state index contributed by atoms with van der Waals surface area (Å²) in [6, 6.07) is 12.7. The zero-order valence-electron chi connectivity index (χ0n) is 17.1. The smallest absolute Gasteiger partial charge is 0.250 e. The molecule has 1 spiro atoms. The van der Waals surface area contributed by atoms with Crippen LogP contribution in [0.3, 0.4) is 0 Å². The Morgan fingerprint density at radius 1 is 1.13 bits per heavy atom. The number of benzene rings is 2. The average Bonchev–Trinajstić information content (AvgIpc) is 3.46. The van der Waals surface area contributed by atoms with Gasteiger partial charge in [0.1, 0.15) is 5.54 Å². The second-order valence-corrected chi connectivity index (χ2v) is 9.29. The van der Waals surface area contributed by atoms with Crippen molar-refractivity contribution < 1.29 is 14.4 Å². The molecule has 0 aromatic heterocycles. The van der Waals surface area contributed by atoms with Gasteiger partial charge in [-0.15, -0.1) is 0 Å². The zero-order chi connectivity index (χ0) is 21.5. The molecule has 6 rings (SSSR count). The van der Waals surface area contributed by atoms with E-state index in [1.165, 1.54) is 4.90 Å². The first-order valence-corrected chi connectivity index (χ1v) is 11.2. The fourth-order valence-corrected chi connectivity index (χ4v) is 6.52. The number of hydrogen-bond donors (Lipinski definition) is 1. The number of aryl methyl sites for hydroxylation is 1. The van der Waals surface area contributed by atoms with E-state index in [0.717, 1.165) is 36.1 Å². The molecule has 0 bridgehead atoms. The molecule has 0 aliphatic carbocycles. The molecule has 3 amide bonds. The maximum absolute atomic E-state index is 13.9. The summed E-state index contributed by atoms with van der Waals surface area (Å²) in [4.78, 5) is 44.5. The van der Waals surface area contributed by atoms with Crippen molar-refractivity contribution in [1.82, 2.24) is 4.90 Å². The number of carbonyl (C=O) groups excluding carboxylic acids is 3. The molecule has 3 fully saturated rings. The van der Waals surface area contributed by atoms with Gasteiger partial charge in [-0.2, -0.15) is 0 Å². The van der Waals surface area contributed by atoms with E-state index >= 15 is 0 Å². The highest BCUT2D eigenvalue weighted by molar-refractivity contribution is 6.31. The first kappa shape index (κ1) is 19.0. The molecule has 6 nitrogen and oxygen atoms in total. The standard InChI is InChI=1S/C24H22ClN3O3/c1-2-13-8-9-17-16(11-13)24(23(31)26-17)20-19(18-7-4-10-27(18)24)21(29)28(22(20)30)15-6-3-5-14(25)12-15/h3,5-6,8-9,11-12,18-20H,2,4,7,10H2,1H3,(H,26,31)/t18-,19+,20-,24+/m0/s1. The molecular weight excluding hydrogens is 414 g/mol. The van der Waals surface area contributed by atoms with Gasteiger partial charge in [0.15, 0.2) is 0 Å². The Bertz CT molecular complexity index is 1160. The van der Waals surface area contributed by atoms with Crippen molar-refractivity contribution in [2.45, 2.75) is 37.8 Å². The predicted octanol–water partition coefficient (Wildman–Crippen LogP) is 3.33. The number of halogens is 1. The Morgan fingerprint density at radius 2 is 1.97 bits per heavy atom. The predicted molar refractivity (Wildman–Crippen MR) is 117 cm³/mol. The van der Waals surface area contributed by atoms with Gasteiger partial charge in [-0.3, -0.25) is 19.3 Å². The molecular formula is C24H22ClN3O3. The Balaban J connectivity index is 1.56. The molecule has 0 saturated carbocycles. The second kappa shape index (κ2) is 6.40. The largest absolute Gasteiger partial charge is 0.324 e. The number of carbonyl (C=O) groups is 3. The minimum Gasteiger partial charge on any atom is -0.324 e. The van der Waals surface area contributed by atoms with Crippen LogP contribution in [0.25, 0.3) is 0 Å². The van der Waals surface area contributed by atoms with Crippen molar-refractivity contribution in [3.63, 3.8) is 0 Å². The molecule has 1 N–H and O–H groups in total. The van der Waals surface area contributed by atoms with E-state index in [0.29, 0.717) is 17.3 Å². The van der Waals surface area contributed by atoms with Crippen molar-refractivity contribution in [2.75, 3.05) is 16.8 Å². The summed E-state index contributed by atoms with van der Waals surface area (Å²) in [5.41, 5.74) is 2.03. The van der Waals surface area contributed by atoms with Crippen LogP contribution in [-0.4, -0.2) is 35.2 Å². The number of imide groups is 1. The SMILES string of the molecule is CCc1ccc2c(c1)[C@]1(C(=O)N2)[C@@H]2C(=O)N(c3cccc(Cl)c3)C(=O)[C@@H]2[C@@H]2CCCN21. The van der Waals surface area contributed by atoms with Crippen LogP contribution in [0.2, 0.25) is 5.02 Å². The van der Waals surface area contributed by atoms with Gasteiger partial charge in [-0.25, -0.2) is 4.90 Å². The lowest BCUT2D eigenvalue weighted by atomic mass is 9.75. The lowest BCUT2D eigenvalue weighted by molar-refractivity contribution is -0.135. The fourth-order valence-electron chi connectivity index (χ4n) is 6.34. The Kier molecular flexibility index (Phi) is 3.93. The third-order valence-corrected chi connectivity index (χ3v) is 7.77. The highest BCUT2D eigenvalue weighted by Gasteiger charge is 2.74. The van der Waals surface area contributed by atoms with Gasteiger partial charge in [0, 0.05) is 22.3 Å². The number of fused-ring (bicyclic) bond motifs is 7. The van der Waals surface area contributed by atoms with Gasteiger partial charge in [0.2, 0.25) is 17.7 Å². The van der Waals surface area contributed by atoms with Gasteiger partial charge >= 0.3 is 0 Å². The van der Waals surface area contributed by atoms with E-state index in [4.69, 9.17) is 11.6 Å². The van der Waals surface area contributed by atoms with Crippen LogP contribution in [0.1, 0.15) is 30.9 Å². The topological polar surface area (TPSA) is 69.7 Å². The van der Waals surface area contributed by atoms with Crippen LogP contribution in [-0.2, 0) is 26.3 Å². The number of nitrogens with zero attached hydrogens (tertiary/aromatic N) is 2. The van der Waals surface area contributed by atoms with Crippen molar-refractivity contribution in [3.05, 3.63) is 58.6 Å². The van der Waals surface area contributed by atoms with Crippen LogP contribution in [0.15, 0.2) is 42.5 Å². The molecule has 4 aliphatic rings. The van der Waals surface area contributed by atoms with Gasteiger partial charge < -0.3 is 5.32 Å². The lowest BCUT2D eigenvalue weighted by Crippen LogP contribution is -2.54. The molecule has 3 saturated heterocycles. The van der Waals surface area contributed by atoms with Crippen molar-refractivity contribution in [3.8, 4) is 0 Å². The molecule has 4 aliphatic heterocycles. The maximum Gasteiger partial charge on any atom is 0.250 e. The highest BCUT2D eigenvalue weighted by Crippen LogP contribution is 2.60. The van der Waals surface area contributed by atoms with Crippen LogP contribution >= 0.6 is 11.6 Å². The number of anilines is 2. The highest BCUT2D eigenvalue weighted by atomic mass is 35.5. The van der Waals surface area contributed by atoms with Gasteiger partial charge in [-0.1, -0.05) is 36.7 Å². The molecule has 4 atom stereocenters. The fraction of sp³-hybridized carbons (Fsp3) is 0.375. The first-order chi connectivity index (χ1) is 15.0. The van der Waals surface area contributed by atoms with E-state index in [2.05, 4.69) is 17.1 Å². The summed E-state index contributed by atoms with van der Waals surface area (Å²) in [5, 5.41) is 3.48. The molecule has 4 heterocycles. The summed E-state index contributed by atoms with van der Waals surface area (Å²) in [6.07, 6.45) is 2.54. The van der Waals surface area contributed by atoms with E-state index in [9.17, 15) is 14.4 Å². The Morgan fingerprint density at radius 3 is 2.74 bits per heavy atom. The van der Waals surface area contributed by atoms with E-state index < -0.39 is 17.4 Å². The monoisotopic (exact) mass is 435 g/mol. The first-order valence-electron chi connectivity index (χ1n) is 10.8. The number of nitrogens with one attached hydrogen (secondary N) is 1. The molecule has 0 radical (unpaired) electrons. The van der Waals surface area contributed by atoms with Crippen molar-refractivity contribution in [1.29, 1.82) is 0 Å². The third kappa shape index (κ3) is 2.24. The Labute approximate surface area is 185 Å². The summed E-state index contributed by atoms with van der Waals surface area (Å²) < 4.78 is 0. The maximum atomic E-state index is 13.9. The van der Waals surface area contributed by atoms with E-state index in [1.54, 1.807) is 24.3 Å². The van der Waals surface area contributed by atoms with Crippen LogP contribution in [0.5, 0.6) is 0 Å². The zero-order valence-corrected chi connectivity index (χ0v) is 17.9. The van der Waals surface area contributed by atoms with Gasteiger partial charge in [0.25, 0.3) is 0 Å².